The van der Waals surface area contributed by atoms with Gasteiger partial charge in [-0.1, -0.05) is 24.0 Å². The van der Waals surface area contributed by atoms with Crippen LogP contribution in [0.3, 0.4) is 0 Å². The lowest BCUT2D eigenvalue weighted by atomic mass is 10.2. The first-order chi connectivity index (χ1) is 10.3. The molecule has 118 valence electrons. The Balaban J connectivity index is 2.15. The molecule has 4 nitrogen and oxygen atoms in total. The van der Waals surface area contributed by atoms with Crippen molar-refractivity contribution in [3.63, 3.8) is 0 Å². The fraction of sp³-hybridized carbons (Fsp3) is 0.357. The molecule has 1 fully saturated rings. The molecule has 1 amide bonds. The Morgan fingerprint density at radius 2 is 2.14 bits per heavy atom. The van der Waals surface area contributed by atoms with E-state index in [-0.39, 0.29) is 12.3 Å². The molecule has 2 rings (SSSR count). The highest BCUT2D eigenvalue weighted by molar-refractivity contribution is 14.1. The summed E-state index contributed by atoms with van der Waals surface area (Å²) in [6.45, 7) is 4.49. The molecule has 22 heavy (non-hydrogen) atoms. The summed E-state index contributed by atoms with van der Waals surface area (Å²) in [6.07, 6.45) is 2.34. The van der Waals surface area contributed by atoms with Crippen LogP contribution in [-0.4, -0.2) is 32.7 Å². The molecule has 0 aromatic carbocycles. The molecule has 8 heteroatoms. The monoisotopic (exact) mass is 467 g/mol. The molecule has 2 heterocycles. The van der Waals surface area contributed by atoms with Gasteiger partial charge in [-0.05, 0) is 54.5 Å². The zero-order valence-corrected chi connectivity index (χ0v) is 16.6. The topological polar surface area (TPSA) is 57.6 Å². The van der Waals surface area contributed by atoms with Crippen LogP contribution in [0, 0.1) is 17.4 Å². The second-order valence-electron chi connectivity index (χ2n) is 4.79. The third-order valence-electron chi connectivity index (χ3n) is 3.24. The number of carboxylic acid groups (broad SMARTS) is 1. The van der Waals surface area contributed by atoms with Gasteiger partial charge in [-0.3, -0.25) is 14.5 Å². The van der Waals surface area contributed by atoms with Crippen LogP contribution in [-0.2, 0) is 9.59 Å². The average molecular weight is 467 g/mol. The number of thiocarbonyl (C=S) groups is 1. The summed E-state index contributed by atoms with van der Waals surface area (Å²) in [7, 11) is 0. The largest absolute Gasteiger partial charge is 0.481 e. The van der Waals surface area contributed by atoms with Crippen LogP contribution in [0.4, 0.5) is 0 Å². The molecule has 0 unspecified atom stereocenters. The average Bonchev–Trinajstić information content (AvgIpc) is 2.84. The highest BCUT2D eigenvalue weighted by Gasteiger charge is 2.32. The van der Waals surface area contributed by atoms with Gasteiger partial charge in [0, 0.05) is 26.3 Å². The number of carbonyl (C=O) groups is 2. The number of carbonyl (C=O) groups excluding carboxylic acids is 1. The van der Waals surface area contributed by atoms with Gasteiger partial charge in [-0.25, -0.2) is 0 Å². The van der Waals surface area contributed by atoms with Gasteiger partial charge in [-0.2, -0.15) is 0 Å². The Morgan fingerprint density at radius 1 is 1.45 bits per heavy atom. The number of thioether (sulfide) groups is 1. The maximum Gasteiger partial charge on any atom is 0.303 e. The van der Waals surface area contributed by atoms with Gasteiger partial charge in [0.2, 0.25) is 0 Å². The van der Waals surface area contributed by atoms with Crippen LogP contribution in [0.1, 0.15) is 28.2 Å². The smallest absolute Gasteiger partial charge is 0.303 e. The minimum Gasteiger partial charge on any atom is -0.481 e. The van der Waals surface area contributed by atoms with Gasteiger partial charge >= 0.3 is 5.97 Å². The fourth-order valence-electron chi connectivity index (χ4n) is 1.92. The molecule has 0 radical (unpaired) electrons. The Bertz CT molecular complexity index is 681. The van der Waals surface area contributed by atoms with Gasteiger partial charge in [0.1, 0.15) is 4.32 Å². The molecular weight excluding hydrogens is 453 g/mol. The molecule has 0 spiro atoms. The molecular formula is C14H14INO3S3. The minimum absolute atomic E-state index is 0.0390. The van der Waals surface area contributed by atoms with Gasteiger partial charge in [0.25, 0.3) is 5.91 Å². The van der Waals surface area contributed by atoms with Gasteiger partial charge in [-0.15, -0.1) is 11.3 Å². The van der Waals surface area contributed by atoms with Crippen molar-refractivity contribution in [3.8, 4) is 0 Å². The van der Waals surface area contributed by atoms with Crippen LogP contribution in [0.15, 0.2) is 4.91 Å². The second kappa shape index (κ2) is 7.41. The van der Waals surface area contributed by atoms with Crippen LogP contribution in [0.25, 0.3) is 6.08 Å². The highest BCUT2D eigenvalue weighted by atomic mass is 127. The van der Waals surface area contributed by atoms with E-state index in [0.717, 1.165) is 8.45 Å². The zero-order chi connectivity index (χ0) is 16.4. The molecule has 1 N–H and O–H groups in total. The number of aryl methyl sites for hydroxylation is 1. The maximum absolute atomic E-state index is 12.4. The molecule has 0 saturated carbocycles. The van der Waals surface area contributed by atoms with Crippen molar-refractivity contribution in [3.05, 3.63) is 23.8 Å². The lowest BCUT2D eigenvalue weighted by Gasteiger charge is -2.13. The first-order valence-electron chi connectivity index (χ1n) is 6.54. The predicted molar refractivity (Wildman–Crippen MR) is 103 cm³/mol. The summed E-state index contributed by atoms with van der Waals surface area (Å²) in [5, 5.41) is 8.67. The Morgan fingerprint density at radius 3 is 2.68 bits per heavy atom. The first kappa shape index (κ1) is 17.9. The first-order valence-corrected chi connectivity index (χ1v) is 9.66. The molecule has 1 aliphatic rings. The minimum atomic E-state index is -0.861. The van der Waals surface area contributed by atoms with E-state index in [1.54, 1.807) is 11.3 Å². The predicted octanol–water partition coefficient (Wildman–Crippen LogP) is 4.04. The van der Waals surface area contributed by atoms with E-state index in [2.05, 4.69) is 36.4 Å². The molecule has 0 bridgehead atoms. The number of thiophene rings is 1. The lowest BCUT2D eigenvalue weighted by Crippen LogP contribution is -2.29. The Labute approximate surface area is 156 Å². The molecule has 1 aromatic rings. The van der Waals surface area contributed by atoms with E-state index in [0.29, 0.717) is 22.2 Å². The summed E-state index contributed by atoms with van der Waals surface area (Å²) in [5.41, 5.74) is 1.24. The van der Waals surface area contributed by atoms with Crippen molar-refractivity contribution >= 4 is 80.2 Å². The van der Waals surface area contributed by atoms with Gasteiger partial charge in [0.15, 0.2) is 0 Å². The summed E-state index contributed by atoms with van der Waals surface area (Å²) in [4.78, 5) is 27.4. The van der Waals surface area contributed by atoms with E-state index in [1.807, 2.05) is 6.08 Å². The lowest BCUT2D eigenvalue weighted by molar-refractivity contribution is -0.137. The van der Waals surface area contributed by atoms with Crippen LogP contribution in [0.2, 0.25) is 0 Å². The van der Waals surface area contributed by atoms with E-state index < -0.39 is 5.97 Å². The van der Waals surface area contributed by atoms with E-state index in [9.17, 15) is 9.59 Å². The van der Waals surface area contributed by atoms with Crippen molar-refractivity contribution in [2.45, 2.75) is 26.7 Å². The summed E-state index contributed by atoms with van der Waals surface area (Å²) in [5.74, 6) is -0.986. The molecule has 1 aliphatic heterocycles. The van der Waals surface area contributed by atoms with E-state index in [1.165, 1.54) is 27.1 Å². The van der Waals surface area contributed by atoms with Crippen molar-refractivity contribution < 1.29 is 14.7 Å². The molecule has 0 aliphatic carbocycles. The molecule has 1 saturated heterocycles. The number of hydrogen-bond donors (Lipinski definition) is 1. The SMILES string of the molecule is Cc1sc(/C=C2/SC(=S)N(CCCC(=O)O)C2=O)c(I)c1C. The third kappa shape index (κ3) is 3.90. The summed E-state index contributed by atoms with van der Waals surface area (Å²) in [6, 6.07) is 0. The normalized spacial score (nSPS) is 16.9. The highest BCUT2D eigenvalue weighted by Crippen LogP contribution is 2.36. The number of nitrogens with zero attached hydrogens (tertiary/aromatic N) is 1. The van der Waals surface area contributed by atoms with Crippen LogP contribution < -0.4 is 0 Å². The van der Waals surface area contributed by atoms with Crippen molar-refractivity contribution in [1.29, 1.82) is 0 Å². The van der Waals surface area contributed by atoms with E-state index in [4.69, 9.17) is 17.3 Å². The number of rotatable bonds is 5. The van der Waals surface area contributed by atoms with E-state index >= 15 is 0 Å². The molecule has 1 aromatic heterocycles. The second-order valence-corrected chi connectivity index (χ2v) is 8.80. The zero-order valence-electron chi connectivity index (χ0n) is 12.0. The van der Waals surface area contributed by atoms with Crippen LogP contribution >= 0.6 is 57.9 Å². The summed E-state index contributed by atoms with van der Waals surface area (Å²) >= 11 is 10.5. The molecule has 0 atom stereocenters. The number of carboxylic acids is 1. The van der Waals surface area contributed by atoms with Gasteiger partial charge < -0.3 is 5.11 Å². The summed E-state index contributed by atoms with van der Waals surface area (Å²) < 4.78 is 1.66. The number of halogens is 1. The van der Waals surface area contributed by atoms with Crippen molar-refractivity contribution in [1.82, 2.24) is 4.90 Å². The van der Waals surface area contributed by atoms with Crippen molar-refractivity contribution in [2.24, 2.45) is 0 Å². The maximum atomic E-state index is 12.4. The van der Waals surface area contributed by atoms with Crippen molar-refractivity contribution in [2.75, 3.05) is 6.54 Å². The number of aliphatic carboxylic acids is 1. The fourth-order valence-corrected chi connectivity index (χ4v) is 5.36. The van der Waals surface area contributed by atoms with Crippen LogP contribution in [0.5, 0.6) is 0 Å². The number of hydrogen-bond acceptors (Lipinski definition) is 5. The Kier molecular flexibility index (Phi) is 6.03. The Hall–Kier alpha value is -0.450. The standard InChI is InChI=1S/C14H14INO3S3/c1-7-8(2)21-9(12(7)15)6-10-13(19)16(14(20)22-10)5-3-4-11(17)18/h6H,3-5H2,1-2H3,(H,17,18)/b10-6+. The number of amides is 1. The third-order valence-corrected chi connectivity index (χ3v) is 7.53. The van der Waals surface area contributed by atoms with Gasteiger partial charge in [0.05, 0.1) is 4.91 Å². The quantitative estimate of drug-likeness (QED) is 0.403.